The fourth-order valence-corrected chi connectivity index (χ4v) is 3.17. The first-order valence-corrected chi connectivity index (χ1v) is 8.03. The molecule has 0 bridgehead atoms. The summed E-state index contributed by atoms with van der Waals surface area (Å²) in [6.45, 7) is 1.97. The van der Waals surface area contributed by atoms with E-state index in [1.807, 2.05) is 55.5 Å². The second-order valence-electron chi connectivity index (χ2n) is 6.18. The number of fused-ring (bicyclic) bond motifs is 1. The van der Waals surface area contributed by atoms with Gasteiger partial charge in [0.1, 0.15) is 5.69 Å². The number of aromatic carboxylic acids is 1. The largest absolute Gasteiger partial charge is 0.477 e. The van der Waals surface area contributed by atoms with Crippen LogP contribution in [0, 0.1) is 6.92 Å². The molecule has 0 atom stereocenters. The third-order valence-electron chi connectivity index (χ3n) is 4.51. The number of carbonyl (C=O) groups excluding carboxylic acids is 1. The van der Waals surface area contributed by atoms with Crippen LogP contribution in [-0.2, 0) is 18.3 Å². The summed E-state index contributed by atoms with van der Waals surface area (Å²) >= 11 is 0. The number of anilines is 1. The van der Waals surface area contributed by atoms with Crippen LogP contribution < -0.4 is 4.90 Å². The molecule has 0 fully saturated rings. The van der Waals surface area contributed by atoms with Gasteiger partial charge in [0.15, 0.2) is 0 Å². The van der Waals surface area contributed by atoms with E-state index in [4.69, 9.17) is 0 Å². The zero-order valence-corrected chi connectivity index (χ0v) is 14.5. The smallest absolute Gasteiger partial charge is 0.352 e. The fraction of sp³-hybridized carbons (Fsp3) is 0.200. The Morgan fingerprint density at radius 1 is 1.12 bits per heavy atom. The van der Waals surface area contributed by atoms with Crippen LogP contribution in [0.1, 0.15) is 21.6 Å². The van der Waals surface area contributed by atoms with E-state index in [9.17, 15) is 14.7 Å². The van der Waals surface area contributed by atoms with Crippen LogP contribution in [-0.4, -0.2) is 28.6 Å². The first-order valence-electron chi connectivity index (χ1n) is 8.03. The first-order chi connectivity index (χ1) is 11.9. The van der Waals surface area contributed by atoms with Crippen molar-refractivity contribution in [3.63, 3.8) is 0 Å². The Bertz CT molecular complexity index is 972. The van der Waals surface area contributed by atoms with Crippen molar-refractivity contribution < 1.29 is 14.7 Å². The van der Waals surface area contributed by atoms with Gasteiger partial charge in [-0.05, 0) is 30.7 Å². The van der Waals surface area contributed by atoms with Crippen molar-refractivity contribution in [3.8, 4) is 0 Å². The summed E-state index contributed by atoms with van der Waals surface area (Å²) in [6, 6.07) is 15.1. The lowest BCUT2D eigenvalue weighted by Crippen LogP contribution is -2.28. The number of nitrogens with zero attached hydrogens (tertiary/aromatic N) is 2. The quantitative estimate of drug-likeness (QED) is 0.794. The van der Waals surface area contributed by atoms with Gasteiger partial charge in [0.2, 0.25) is 5.91 Å². The molecule has 3 rings (SSSR count). The van der Waals surface area contributed by atoms with Crippen molar-refractivity contribution in [1.29, 1.82) is 0 Å². The Morgan fingerprint density at radius 2 is 1.84 bits per heavy atom. The maximum absolute atomic E-state index is 12.8. The van der Waals surface area contributed by atoms with E-state index in [0.717, 1.165) is 22.2 Å². The van der Waals surface area contributed by atoms with Crippen molar-refractivity contribution in [2.45, 2.75) is 13.3 Å². The number of carboxylic acid groups (broad SMARTS) is 1. The van der Waals surface area contributed by atoms with Crippen molar-refractivity contribution in [2.24, 2.45) is 7.05 Å². The lowest BCUT2D eigenvalue weighted by molar-refractivity contribution is -0.117. The highest BCUT2D eigenvalue weighted by molar-refractivity contribution is 6.03. The fourth-order valence-electron chi connectivity index (χ4n) is 3.17. The molecular formula is C20H20N2O3. The average molecular weight is 336 g/mol. The summed E-state index contributed by atoms with van der Waals surface area (Å²) in [7, 11) is 3.42. The molecule has 1 heterocycles. The summed E-state index contributed by atoms with van der Waals surface area (Å²) in [5.41, 5.74) is 3.37. The topological polar surface area (TPSA) is 62.5 Å². The van der Waals surface area contributed by atoms with Gasteiger partial charge in [-0.25, -0.2) is 4.79 Å². The Balaban J connectivity index is 2.01. The van der Waals surface area contributed by atoms with E-state index in [1.54, 1.807) is 23.6 Å². The number of amides is 1. The van der Waals surface area contributed by atoms with Gasteiger partial charge >= 0.3 is 5.97 Å². The summed E-state index contributed by atoms with van der Waals surface area (Å²) in [5.74, 6) is -1.18. The Labute approximate surface area is 146 Å². The van der Waals surface area contributed by atoms with E-state index in [0.29, 0.717) is 5.56 Å². The molecule has 1 aromatic heterocycles. The molecule has 0 saturated heterocycles. The minimum atomic E-state index is -1.03. The summed E-state index contributed by atoms with van der Waals surface area (Å²) in [4.78, 5) is 26.1. The molecule has 5 nitrogen and oxygen atoms in total. The van der Waals surface area contributed by atoms with Crippen LogP contribution >= 0.6 is 0 Å². The lowest BCUT2D eigenvalue weighted by atomic mass is 10.1. The molecule has 0 unspecified atom stereocenters. The van der Waals surface area contributed by atoms with E-state index in [-0.39, 0.29) is 18.0 Å². The number of likely N-dealkylation sites (N-methyl/N-ethyl adjacent to an activating group) is 1. The number of carboxylic acids is 1. The molecule has 1 amide bonds. The molecule has 0 spiro atoms. The highest BCUT2D eigenvalue weighted by Gasteiger charge is 2.23. The molecule has 0 aliphatic carbocycles. The van der Waals surface area contributed by atoms with Gasteiger partial charge < -0.3 is 14.6 Å². The van der Waals surface area contributed by atoms with Crippen LogP contribution in [0.3, 0.4) is 0 Å². The van der Waals surface area contributed by atoms with Gasteiger partial charge in [0.25, 0.3) is 0 Å². The average Bonchev–Trinajstić information content (AvgIpc) is 2.87. The van der Waals surface area contributed by atoms with Crippen molar-refractivity contribution in [1.82, 2.24) is 4.57 Å². The Hall–Kier alpha value is -3.08. The molecule has 128 valence electrons. The number of para-hydroxylation sites is 1. The van der Waals surface area contributed by atoms with Gasteiger partial charge in [-0.15, -0.1) is 0 Å². The van der Waals surface area contributed by atoms with Crippen LogP contribution in [0.2, 0.25) is 0 Å². The minimum Gasteiger partial charge on any atom is -0.477 e. The third-order valence-corrected chi connectivity index (χ3v) is 4.51. The second kappa shape index (κ2) is 6.43. The van der Waals surface area contributed by atoms with Crippen molar-refractivity contribution in [3.05, 3.63) is 65.4 Å². The second-order valence-corrected chi connectivity index (χ2v) is 6.18. The Morgan fingerprint density at radius 3 is 2.52 bits per heavy atom. The number of hydrogen-bond acceptors (Lipinski definition) is 2. The normalized spacial score (nSPS) is 10.8. The molecule has 2 aromatic carbocycles. The number of rotatable bonds is 4. The summed E-state index contributed by atoms with van der Waals surface area (Å²) in [5, 5.41) is 10.4. The van der Waals surface area contributed by atoms with Crippen LogP contribution in [0.4, 0.5) is 5.69 Å². The number of aryl methyl sites for hydroxylation is 2. The van der Waals surface area contributed by atoms with E-state index in [2.05, 4.69) is 0 Å². The Kier molecular flexibility index (Phi) is 4.31. The highest BCUT2D eigenvalue weighted by atomic mass is 16.4. The molecule has 5 heteroatoms. The van der Waals surface area contributed by atoms with Crippen molar-refractivity contribution >= 4 is 28.5 Å². The van der Waals surface area contributed by atoms with Gasteiger partial charge in [-0.2, -0.15) is 0 Å². The number of aromatic nitrogens is 1. The molecule has 0 aliphatic rings. The van der Waals surface area contributed by atoms with Crippen molar-refractivity contribution in [2.75, 3.05) is 11.9 Å². The first kappa shape index (κ1) is 16.8. The predicted molar refractivity (Wildman–Crippen MR) is 98.2 cm³/mol. The zero-order valence-electron chi connectivity index (χ0n) is 14.5. The molecule has 0 radical (unpaired) electrons. The van der Waals surface area contributed by atoms with Gasteiger partial charge in [-0.3, -0.25) is 4.79 Å². The molecule has 3 aromatic rings. The number of benzene rings is 2. The van der Waals surface area contributed by atoms with Crippen LogP contribution in [0.25, 0.3) is 10.9 Å². The summed E-state index contributed by atoms with van der Waals surface area (Å²) < 4.78 is 1.63. The van der Waals surface area contributed by atoms with E-state index < -0.39 is 5.97 Å². The molecule has 0 saturated carbocycles. The SMILES string of the molecule is Cc1cccc(N(C)C(=O)Cc2c(C(=O)O)n(C)c3ccccc23)c1. The highest BCUT2D eigenvalue weighted by Crippen LogP contribution is 2.27. The monoisotopic (exact) mass is 336 g/mol. The maximum Gasteiger partial charge on any atom is 0.352 e. The van der Waals surface area contributed by atoms with Gasteiger partial charge in [0.05, 0.1) is 6.42 Å². The van der Waals surface area contributed by atoms with Crippen LogP contribution in [0.15, 0.2) is 48.5 Å². The van der Waals surface area contributed by atoms with E-state index >= 15 is 0 Å². The standard InChI is InChI=1S/C20H20N2O3/c1-13-7-6-8-14(11-13)21(2)18(23)12-16-15-9-4-5-10-17(15)22(3)19(16)20(24)25/h4-11H,12H2,1-3H3,(H,24,25). The third kappa shape index (κ3) is 3.01. The molecule has 0 aliphatic heterocycles. The molecule has 1 N–H and O–H groups in total. The number of hydrogen-bond donors (Lipinski definition) is 1. The summed E-state index contributed by atoms with van der Waals surface area (Å²) in [6.07, 6.45) is 0.0351. The lowest BCUT2D eigenvalue weighted by Gasteiger charge is -2.18. The van der Waals surface area contributed by atoms with Gasteiger partial charge in [-0.1, -0.05) is 30.3 Å². The molecular weight excluding hydrogens is 316 g/mol. The number of carbonyl (C=O) groups is 2. The zero-order chi connectivity index (χ0) is 18.1. The molecule has 25 heavy (non-hydrogen) atoms. The predicted octanol–water partition coefficient (Wildman–Crippen LogP) is 3.39. The van der Waals surface area contributed by atoms with Gasteiger partial charge in [0, 0.05) is 36.2 Å². The van der Waals surface area contributed by atoms with Crippen LogP contribution in [0.5, 0.6) is 0 Å². The minimum absolute atomic E-state index is 0.0351. The van der Waals surface area contributed by atoms with E-state index in [1.165, 1.54) is 0 Å². The maximum atomic E-state index is 12.8.